The molecular formula is C15H9BrClF3N2OS. The summed E-state index contributed by atoms with van der Waals surface area (Å²) in [5.41, 5.74) is -0.582. The summed E-state index contributed by atoms with van der Waals surface area (Å²) in [6.45, 7) is 0. The maximum absolute atomic E-state index is 12.7. The fourth-order valence-corrected chi connectivity index (χ4v) is 2.36. The Morgan fingerprint density at radius 3 is 2.33 bits per heavy atom. The Balaban J connectivity index is 2.09. The summed E-state index contributed by atoms with van der Waals surface area (Å²) < 4.78 is 39.0. The highest BCUT2D eigenvalue weighted by Gasteiger charge is 2.31. The van der Waals surface area contributed by atoms with Crippen LogP contribution in [-0.4, -0.2) is 11.0 Å². The van der Waals surface area contributed by atoms with Gasteiger partial charge in [0.15, 0.2) is 5.11 Å². The van der Waals surface area contributed by atoms with Crippen molar-refractivity contribution in [1.29, 1.82) is 0 Å². The second kappa shape index (κ2) is 7.50. The molecule has 0 radical (unpaired) electrons. The largest absolute Gasteiger partial charge is 0.416 e. The molecule has 0 atom stereocenters. The Labute approximate surface area is 154 Å². The summed E-state index contributed by atoms with van der Waals surface area (Å²) in [6.07, 6.45) is -4.51. The SMILES string of the molecule is O=C(NC(=S)Nc1cc(C(F)(F)F)ccc1Cl)c1ccc(Br)cc1. The fourth-order valence-electron chi connectivity index (χ4n) is 1.73. The Morgan fingerprint density at radius 2 is 1.75 bits per heavy atom. The van der Waals surface area contributed by atoms with Crippen LogP contribution in [0.3, 0.4) is 0 Å². The lowest BCUT2D eigenvalue weighted by atomic mass is 10.2. The lowest BCUT2D eigenvalue weighted by molar-refractivity contribution is -0.137. The van der Waals surface area contributed by atoms with E-state index in [0.29, 0.717) is 5.56 Å². The van der Waals surface area contributed by atoms with Gasteiger partial charge in [0.1, 0.15) is 0 Å². The Morgan fingerprint density at radius 1 is 1.12 bits per heavy atom. The summed E-state index contributed by atoms with van der Waals surface area (Å²) >= 11 is 14.0. The number of thiocarbonyl (C=S) groups is 1. The van der Waals surface area contributed by atoms with E-state index in [1.165, 1.54) is 0 Å². The van der Waals surface area contributed by atoms with Crippen LogP contribution >= 0.6 is 39.7 Å². The van der Waals surface area contributed by atoms with E-state index >= 15 is 0 Å². The van der Waals surface area contributed by atoms with Crippen molar-refractivity contribution in [2.24, 2.45) is 0 Å². The Kier molecular flexibility index (Phi) is 5.84. The van der Waals surface area contributed by atoms with Gasteiger partial charge in [-0.05, 0) is 54.7 Å². The number of amides is 1. The molecule has 2 rings (SSSR count). The van der Waals surface area contributed by atoms with Crippen LogP contribution in [0, 0.1) is 0 Å². The Bertz CT molecular complexity index is 781. The smallest absolute Gasteiger partial charge is 0.331 e. The first-order chi connectivity index (χ1) is 11.2. The van der Waals surface area contributed by atoms with Crippen molar-refractivity contribution in [3.63, 3.8) is 0 Å². The second-order valence-corrected chi connectivity index (χ2v) is 6.34. The van der Waals surface area contributed by atoms with Crippen molar-refractivity contribution in [3.8, 4) is 0 Å². The fraction of sp³-hybridized carbons (Fsp3) is 0.0667. The minimum Gasteiger partial charge on any atom is -0.331 e. The van der Waals surface area contributed by atoms with E-state index in [1.807, 2.05) is 0 Å². The zero-order valence-electron chi connectivity index (χ0n) is 11.7. The number of anilines is 1. The summed E-state index contributed by atoms with van der Waals surface area (Å²) in [7, 11) is 0. The minimum atomic E-state index is -4.51. The van der Waals surface area contributed by atoms with Crippen LogP contribution in [0.15, 0.2) is 46.9 Å². The lowest BCUT2D eigenvalue weighted by Gasteiger charge is -2.13. The molecule has 0 aliphatic rings. The number of nitrogens with one attached hydrogen (secondary N) is 2. The van der Waals surface area contributed by atoms with Gasteiger partial charge in [-0.2, -0.15) is 13.2 Å². The number of rotatable bonds is 2. The van der Waals surface area contributed by atoms with Crippen molar-refractivity contribution in [2.45, 2.75) is 6.18 Å². The number of alkyl halides is 3. The first-order valence-corrected chi connectivity index (χ1v) is 7.99. The number of carbonyl (C=O) groups is 1. The summed E-state index contributed by atoms with van der Waals surface area (Å²) in [5.74, 6) is -0.497. The van der Waals surface area contributed by atoms with E-state index in [-0.39, 0.29) is 15.8 Å². The van der Waals surface area contributed by atoms with Gasteiger partial charge in [0.2, 0.25) is 0 Å². The summed E-state index contributed by atoms with van der Waals surface area (Å²) in [6, 6.07) is 9.27. The molecule has 0 saturated heterocycles. The van der Waals surface area contributed by atoms with Crippen LogP contribution < -0.4 is 10.6 Å². The molecule has 3 nitrogen and oxygen atoms in total. The molecule has 0 bridgehead atoms. The molecule has 126 valence electrons. The third kappa shape index (κ3) is 4.93. The minimum absolute atomic E-state index is 0.0447. The molecule has 1 amide bonds. The molecule has 0 heterocycles. The molecule has 2 N–H and O–H groups in total. The predicted molar refractivity (Wildman–Crippen MR) is 94.3 cm³/mol. The molecule has 0 aliphatic carbocycles. The third-order valence-corrected chi connectivity index (χ3v) is 3.94. The quantitative estimate of drug-likeness (QED) is 0.631. The van der Waals surface area contributed by atoms with Crippen molar-refractivity contribution in [1.82, 2.24) is 5.32 Å². The average Bonchev–Trinajstić information content (AvgIpc) is 2.48. The highest BCUT2D eigenvalue weighted by molar-refractivity contribution is 9.10. The maximum Gasteiger partial charge on any atom is 0.416 e. The zero-order chi connectivity index (χ0) is 17.9. The van der Waals surface area contributed by atoms with E-state index < -0.39 is 17.6 Å². The van der Waals surface area contributed by atoms with E-state index in [1.54, 1.807) is 24.3 Å². The number of benzene rings is 2. The van der Waals surface area contributed by atoms with Gasteiger partial charge in [0.05, 0.1) is 16.3 Å². The van der Waals surface area contributed by atoms with Gasteiger partial charge < -0.3 is 5.32 Å². The predicted octanol–water partition coefficient (Wildman–Crippen LogP) is 5.25. The van der Waals surface area contributed by atoms with Crippen LogP contribution in [-0.2, 0) is 6.18 Å². The average molecular weight is 438 g/mol. The van der Waals surface area contributed by atoms with Gasteiger partial charge in [-0.1, -0.05) is 27.5 Å². The van der Waals surface area contributed by atoms with Crippen molar-refractivity contribution < 1.29 is 18.0 Å². The van der Waals surface area contributed by atoms with Crippen LogP contribution in [0.1, 0.15) is 15.9 Å². The van der Waals surface area contributed by atoms with Crippen LogP contribution in [0.25, 0.3) is 0 Å². The summed E-state index contributed by atoms with van der Waals surface area (Å²) in [4.78, 5) is 12.0. The molecule has 2 aromatic carbocycles. The lowest BCUT2D eigenvalue weighted by Crippen LogP contribution is -2.34. The third-order valence-electron chi connectivity index (χ3n) is 2.88. The van der Waals surface area contributed by atoms with Crippen molar-refractivity contribution >= 4 is 56.5 Å². The van der Waals surface area contributed by atoms with Gasteiger partial charge in [0, 0.05) is 10.0 Å². The monoisotopic (exact) mass is 436 g/mol. The van der Waals surface area contributed by atoms with E-state index in [9.17, 15) is 18.0 Å². The van der Waals surface area contributed by atoms with E-state index in [0.717, 1.165) is 22.7 Å². The first-order valence-electron chi connectivity index (χ1n) is 6.41. The molecule has 2 aromatic rings. The van der Waals surface area contributed by atoms with Crippen LogP contribution in [0.2, 0.25) is 5.02 Å². The molecule has 0 fully saturated rings. The highest BCUT2D eigenvalue weighted by atomic mass is 79.9. The van der Waals surface area contributed by atoms with Crippen molar-refractivity contribution in [3.05, 3.63) is 63.1 Å². The molecular weight excluding hydrogens is 429 g/mol. The summed E-state index contributed by atoms with van der Waals surface area (Å²) in [5, 5.41) is 4.75. The first kappa shape index (κ1) is 18.7. The number of halogens is 5. The maximum atomic E-state index is 12.7. The topological polar surface area (TPSA) is 41.1 Å². The van der Waals surface area contributed by atoms with Gasteiger partial charge >= 0.3 is 6.18 Å². The molecule has 24 heavy (non-hydrogen) atoms. The van der Waals surface area contributed by atoms with Gasteiger partial charge in [-0.3, -0.25) is 10.1 Å². The standard InChI is InChI=1S/C15H9BrClF3N2OS/c16-10-4-1-8(2-5-10)13(23)22-14(24)21-12-7-9(15(18,19)20)3-6-11(12)17/h1-7H,(H2,21,22,23,24). The van der Waals surface area contributed by atoms with Crippen LogP contribution in [0.4, 0.5) is 18.9 Å². The number of hydrogen-bond donors (Lipinski definition) is 2. The Hall–Kier alpha value is -1.64. The van der Waals surface area contributed by atoms with Crippen molar-refractivity contribution in [2.75, 3.05) is 5.32 Å². The molecule has 0 unspecified atom stereocenters. The molecule has 0 spiro atoms. The van der Waals surface area contributed by atoms with Crippen LogP contribution in [0.5, 0.6) is 0 Å². The normalized spacial score (nSPS) is 11.0. The molecule has 0 aromatic heterocycles. The van der Waals surface area contributed by atoms with Gasteiger partial charge in [-0.15, -0.1) is 0 Å². The highest BCUT2D eigenvalue weighted by Crippen LogP contribution is 2.33. The number of hydrogen-bond acceptors (Lipinski definition) is 2. The molecule has 0 saturated carbocycles. The van der Waals surface area contributed by atoms with Gasteiger partial charge in [-0.25, -0.2) is 0 Å². The number of carbonyl (C=O) groups excluding carboxylic acids is 1. The molecule has 0 aliphatic heterocycles. The molecule has 9 heteroatoms. The zero-order valence-corrected chi connectivity index (χ0v) is 14.9. The van der Waals surface area contributed by atoms with E-state index in [4.69, 9.17) is 23.8 Å². The second-order valence-electron chi connectivity index (χ2n) is 4.61. The van der Waals surface area contributed by atoms with Gasteiger partial charge in [0.25, 0.3) is 5.91 Å². The van der Waals surface area contributed by atoms with E-state index in [2.05, 4.69) is 26.6 Å².